The molecule has 0 saturated carbocycles. The molecule has 0 unspecified atom stereocenters. The van der Waals surface area contributed by atoms with Gasteiger partial charge in [-0.3, -0.25) is 24.1 Å². The number of nitrogens with zero attached hydrogens (tertiary/aromatic N) is 5. The van der Waals surface area contributed by atoms with Crippen molar-refractivity contribution in [1.82, 2.24) is 19.6 Å². The van der Waals surface area contributed by atoms with Crippen LogP contribution in [0.2, 0.25) is 0 Å². The highest BCUT2D eigenvalue weighted by molar-refractivity contribution is 6.23. The summed E-state index contributed by atoms with van der Waals surface area (Å²) in [5.74, 6) is -0.416. The maximum Gasteiger partial charge on any atom is 0.263 e. The van der Waals surface area contributed by atoms with Gasteiger partial charge in [0.05, 0.1) is 23.4 Å². The van der Waals surface area contributed by atoms with Crippen LogP contribution in [0.25, 0.3) is 6.08 Å². The molecule has 1 saturated heterocycles. The van der Waals surface area contributed by atoms with Gasteiger partial charge in [0.1, 0.15) is 0 Å². The fraction of sp³-hybridized carbons (Fsp3) is 0.296. The number of imide groups is 1. The van der Waals surface area contributed by atoms with E-state index in [1.165, 1.54) is 16.0 Å². The van der Waals surface area contributed by atoms with Gasteiger partial charge in [-0.25, -0.2) is 0 Å². The molecular weight excluding hydrogens is 426 g/mol. The molecule has 7 heteroatoms. The normalized spacial score (nSPS) is 16.9. The summed E-state index contributed by atoms with van der Waals surface area (Å²) in [5.41, 5.74) is 4.47. The van der Waals surface area contributed by atoms with Crippen LogP contribution in [0.3, 0.4) is 0 Å². The Morgan fingerprint density at radius 2 is 1.71 bits per heavy atom. The molecule has 2 aromatic carbocycles. The van der Waals surface area contributed by atoms with Crippen LogP contribution < -0.4 is 4.90 Å². The van der Waals surface area contributed by atoms with Gasteiger partial charge in [-0.05, 0) is 30.7 Å². The quantitative estimate of drug-likeness (QED) is 0.511. The molecule has 2 aliphatic heterocycles. The molecule has 2 aliphatic rings. The van der Waals surface area contributed by atoms with Gasteiger partial charge in [-0.1, -0.05) is 48.0 Å². The number of hydrogen-bond donors (Lipinski definition) is 0. The Bertz CT molecular complexity index is 1200. The van der Waals surface area contributed by atoms with E-state index in [-0.39, 0.29) is 11.8 Å². The number of amides is 2. The van der Waals surface area contributed by atoms with E-state index in [0.717, 1.165) is 38.4 Å². The van der Waals surface area contributed by atoms with Crippen molar-refractivity contribution in [3.8, 4) is 0 Å². The molecule has 0 bridgehead atoms. The number of fused-ring (bicyclic) bond motifs is 1. The summed E-state index contributed by atoms with van der Waals surface area (Å²) in [6, 6.07) is 17.8. The third kappa shape index (κ3) is 4.52. The predicted molar refractivity (Wildman–Crippen MR) is 133 cm³/mol. The van der Waals surface area contributed by atoms with Gasteiger partial charge in [0, 0.05) is 51.7 Å². The Kier molecular flexibility index (Phi) is 6.27. The zero-order valence-corrected chi connectivity index (χ0v) is 19.4. The average molecular weight is 456 g/mol. The van der Waals surface area contributed by atoms with Gasteiger partial charge in [0.15, 0.2) is 0 Å². The number of hydrogen-bond acceptors (Lipinski definition) is 5. The maximum absolute atomic E-state index is 13.2. The molecule has 5 rings (SSSR count). The van der Waals surface area contributed by atoms with Crippen molar-refractivity contribution in [2.75, 3.05) is 44.2 Å². The maximum atomic E-state index is 13.2. The molecule has 0 radical (unpaired) electrons. The smallest absolute Gasteiger partial charge is 0.263 e. The van der Waals surface area contributed by atoms with E-state index in [1.54, 1.807) is 16.9 Å². The van der Waals surface area contributed by atoms with Crippen LogP contribution in [0.4, 0.5) is 5.69 Å². The van der Waals surface area contributed by atoms with Crippen molar-refractivity contribution >= 4 is 23.6 Å². The van der Waals surface area contributed by atoms with Gasteiger partial charge >= 0.3 is 0 Å². The zero-order valence-electron chi connectivity index (χ0n) is 19.4. The molecule has 1 aromatic heterocycles. The molecule has 34 heavy (non-hydrogen) atoms. The van der Waals surface area contributed by atoms with Crippen molar-refractivity contribution < 1.29 is 9.59 Å². The van der Waals surface area contributed by atoms with Crippen LogP contribution in [0.5, 0.6) is 0 Å². The predicted octanol–water partition coefficient (Wildman–Crippen LogP) is 3.40. The minimum absolute atomic E-state index is 0.202. The van der Waals surface area contributed by atoms with Crippen LogP contribution >= 0.6 is 0 Å². The van der Waals surface area contributed by atoms with Gasteiger partial charge in [-0.2, -0.15) is 5.10 Å². The number of piperazine rings is 1. The van der Waals surface area contributed by atoms with E-state index in [1.807, 2.05) is 30.5 Å². The van der Waals surface area contributed by atoms with E-state index >= 15 is 0 Å². The fourth-order valence-electron chi connectivity index (χ4n) is 4.80. The van der Waals surface area contributed by atoms with Crippen molar-refractivity contribution in [3.05, 3.63) is 89.3 Å². The molecule has 2 amide bonds. The highest BCUT2D eigenvalue weighted by Gasteiger charge is 2.38. The van der Waals surface area contributed by atoms with Crippen LogP contribution in [0.1, 0.15) is 33.2 Å². The van der Waals surface area contributed by atoms with Gasteiger partial charge in [-0.15, -0.1) is 0 Å². The third-order valence-corrected chi connectivity index (χ3v) is 6.49. The summed E-state index contributed by atoms with van der Waals surface area (Å²) >= 11 is 0. The lowest BCUT2D eigenvalue weighted by Gasteiger charge is -2.37. The molecule has 1 fully saturated rings. The number of rotatable bonds is 7. The second kappa shape index (κ2) is 9.65. The Balaban J connectivity index is 1.24. The average Bonchev–Trinajstić information content (AvgIpc) is 3.46. The van der Waals surface area contributed by atoms with E-state index in [4.69, 9.17) is 0 Å². The van der Waals surface area contributed by atoms with E-state index < -0.39 is 0 Å². The molecule has 0 spiro atoms. The van der Waals surface area contributed by atoms with E-state index in [0.29, 0.717) is 24.2 Å². The lowest BCUT2D eigenvalue weighted by molar-refractivity contribution is 0.0647. The molecule has 0 aliphatic carbocycles. The first kappa shape index (κ1) is 22.1. The molecule has 174 valence electrons. The molecule has 0 atom stereocenters. The van der Waals surface area contributed by atoms with E-state index in [2.05, 4.69) is 52.2 Å². The van der Waals surface area contributed by atoms with Gasteiger partial charge < -0.3 is 4.90 Å². The monoisotopic (exact) mass is 455 g/mol. The lowest BCUT2D eigenvalue weighted by Crippen LogP contribution is -2.47. The summed E-state index contributed by atoms with van der Waals surface area (Å²) in [5, 5.41) is 4.17. The van der Waals surface area contributed by atoms with Crippen molar-refractivity contribution in [3.63, 3.8) is 0 Å². The Morgan fingerprint density at radius 3 is 2.44 bits per heavy atom. The summed E-state index contributed by atoms with van der Waals surface area (Å²) in [7, 11) is 0. The Morgan fingerprint density at radius 1 is 0.912 bits per heavy atom. The third-order valence-electron chi connectivity index (χ3n) is 6.49. The van der Waals surface area contributed by atoms with Crippen LogP contribution in [-0.4, -0.2) is 70.7 Å². The zero-order chi connectivity index (χ0) is 23.5. The number of carbonyl (C=O) groups is 2. The van der Waals surface area contributed by atoms with Crippen LogP contribution in [0.15, 0.2) is 72.6 Å². The summed E-state index contributed by atoms with van der Waals surface area (Å²) < 4.78 is 1.73. The number of benzene rings is 2. The second-order valence-corrected chi connectivity index (χ2v) is 8.90. The first-order valence-corrected chi connectivity index (χ1v) is 11.8. The largest absolute Gasteiger partial charge is 0.368 e. The first-order chi connectivity index (χ1) is 16.6. The molecule has 3 aromatic rings. The summed E-state index contributed by atoms with van der Waals surface area (Å²) in [6.07, 6.45) is 5.76. The Hall–Kier alpha value is -3.71. The van der Waals surface area contributed by atoms with Crippen molar-refractivity contribution in [2.24, 2.45) is 0 Å². The molecule has 3 heterocycles. The Labute approximate surface area is 199 Å². The van der Waals surface area contributed by atoms with E-state index in [9.17, 15) is 9.59 Å². The van der Waals surface area contributed by atoms with Crippen LogP contribution in [-0.2, 0) is 6.54 Å². The minimum Gasteiger partial charge on any atom is -0.368 e. The van der Waals surface area contributed by atoms with Crippen LogP contribution in [0, 0.1) is 0 Å². The SMILES string of the molecule is C/C(=C\c1ccccc1)CN1CCN(c2cccc3c2C(=O)N(CCn2cccn2)C3=O)CC1. The van der Waals surface area contributed by atoms with Gasteiger partial charge in [0.2, 0.25) is 0 Å². The van der Waals surface area contributed by atoms with Gasteiger partial charge in [0.25, 0.3) is 11.8 Å². The molecular formula is C27H29N5O2. The molecule has 0 N–H and O–H groups in total. The van der Waals surface area contributed by atoms with Crippen molar-refractivity contribution in [2.45, 2.75) is 13.5 Å². The first-order valence-electron chi connectivity index (χ1n) is 11.8. The highest BCUT2D eigenvalue weighted by atomic mass is 16.2. The minimum atomic E-state index is -0.214. The lowest BCUT2D eigenvalue weighted by atomic mass is 10.1. The second-order valence-electron chi connectivity index (χ2n) is 8.90. The fourth-order valence-corrected chi connectivity index (χ4v) is 4.80. The summed E-state index contributed by atoms with van der Waals surface area (Å²) in [4.78, 5) is 32.2. The highest BCUT2D eigenvalue weighted by Crippen LogP contribution is 2.32. The molecule has 7 nitrogen and oxygen atoms in total. The standard InChI is InChI=1S/C27H29N5O2/c1-21(19-22-7-3-2-4-8-22)20-29-13-15-30(16-14-29)24-10-5-9-23-25(24)27(34)32(26(23)33)18-17-31-12-6-11-28-31/h2-12,19H,13-18,20H2,1H3/b21-19+. The number of anilines is 1. The van der Waals surface area contributed by atoms with Crippen molar-refractivity contribution in [1.29, 1.82) is 0 Å². The number of aromatic nitrogens is 2. The summed E-state index contributed by atoms with van der Waals surface area (Å²) in [6.45, 7) is 7.37. The topological polar surface area (TPSA) is 61.7 Å². The number of carbonyl (C=O) groups excluding carboxylic acids is 2.